The topological polar surface area (TPSA) is 78.7 Å². The second-order valence-corrected chi connectivity index (χ2v) is 6.99. The fraction of sp³-hybridized carbons (Fsp3) is 0.350. The Morgan fingerprint density at radius 3 is 2.41 bits per heavy atom. The molecule has 1 N–H and O–H groups in total. The number of carbonyl (C=O) groups excluding carboxylic acids is 1. The SMILES string of the molecule is Cc1ccc(C(=O)Nc2ccc(CN3CCN(C)CC3)cc2)cc1[N+](=O)[O-]. The molecule has 2 aromatic carbocycles. The van der Waals surface area contributed by atoms with Crippen molar-refractivity contribution in [3.05, 3.63) is 69.3 Å². The summed E-state index contributed by atoms with van der Waals surface area (Å²) in [7, 11) is 2.14. The van der Waals surface area contributed by atoms with Crippen molar-refractivity contribution in [1.29, 1.82) is 0 Å². The van der Waals surface area contributed by atoms with Crippen molar-refractivity contribution in [2.45, 2.75) is 13.5 Å². The molecule has 1 amide bonds. The normalized spacial score (nSPS) is 15.5. The van der Waals surface area contributed by atoms with Crippen LogP contribution >= 0.6 is 0 Å². The lowest BCUT2D eigenvalue weighted by atomic mass is 10.1. The van der Waals surface area contributed by atoms with Gasteiger partial charge >= 0.3 is 0 Å². The van der Waals surface area contributed by atoms with Crippen LogP contribution in [0.1, 0.15) is 21.5 Å². The van der Waals surface area contributed by atoms with E-state index >= 15 is 0 Å². The number of aryl methyl sites for hydroxylation is 1. The first kappa shape index (κ1) is 19.0. The molecule has 0 aromatic heterocycles. The van der Waals surface area contributed by atoms with Crippen molar-refractivity contribution < 1.29 is 9.72 Å². The van der Waals surface area contributed by atoms with E-state index in [-0.39, 0.29) is 17.2 Å². The number of hydrogen-bond donors (Lipinski definition) is 1. The molecule has 142 valence electrons. The lowest BCUT2D eigenvalue weighted by Gasteiger charge is -2.32. The molecule has 3 rings (SSSR count). The number of carbonyl (C=O) groups is 1. The Labute approximate surface area is 158 Å². The molecule has 0 spiro atoms. The monoisotopic (exact) mass is 368 g/mol. The van der Waals surface area contributed by atoms with Gasteiger partial charge in [0.1, 0.15) is 0 Å². The quantitative estimate of drug-likeness (QED) is 0.648. The van der Waals surface area contributed by atoms with Gasteiger partial charge in [0.2, 0.25) is 0 Å². The molecule has 0 atom stereocenters. The van der Waals surface area contributed by atoms with Gasteiger partial charge in [-0.05, 0) is 37.7 Å². The zero-order chi connectivity index (χ0) is 19.4. The van der Waals surface area contributed by atoms with E-state index < -0.39 is 4.92 Å². The molecule has 27 heavy (non-hydrogen) atoms. The zero-order valence-electron chi connectivity index (χ0n) is 15.6. The van der Waals surface area contributed by atoms with Gasteiger partial charge in [0.25, 0.3) is 11.6 Å². The predicted octanol–water partition coefficient (Wildman–Crippen LogP) is 2.90. The van der Waals surface area contributed by atoms with Gasteiger partial charge in [-0.3, -0.25) is 19.8 Å². The molecule has 0 radical (unpaired) electrons. The van der Waals surface area contributed by atoms with Crippen LogP contribution in [0, 0.1) is 17.0 Å². The molecule has 1 aliphatic heterocycles. The minimum Gasteiger partial charge on any atom is -0.322 e. The maximum atomic E-state index is 12.4. The Kier molecular flexibility index (Phi) is 5.83. The fourth-order valence-electron chi connectivity index (χ4n) is 3.11. The van der Waals surface area contributed by atoms with E-state index in [0.29, 0.717) is 11.3 Å². The molecule has 1 aliphatic rings. The molecule has 0 unspecified atom stereocenters. The molecule has 1 saturated heterocycles. The lowest BCUT2D eigenvalue weighted by Crippen LogP contribution is -2.43. The molecule has 2 aromatic rings. The van der Waals surface area contributed by atoms with Crippen molar-refractivity contribution in [3.8, 4) is 0 Å². The number of anilines is 1. The Balaban J connectivity index is 1.62. The highest BCUT2D eigenvalue weighted by molar-refractivity contribution is 6.04. The number of nitrogens with one attached hydrogen (secondary N) is 1. The molecule has 0 bridgehead atoms. The van der Waals surface area contributed by atoms with Crippen LogP contribution in [0.5, 0.6) is 0 Å². The van der Waals surface area contributed by atoms with Crippen LogP contribution in [0.3, 0.4) is 0 Å². The summed E-state index contributed by atoms with van der Waals surface area (Å²) in [6.45, 7) is 6.82. The first-order valence-corrected chi connectivity index (χ1v) is 8.98. The van der Waals surface area contributed by atoms with Gasteiger partial charge in [-0.15, -0.1) is 0 Å². The summed E-state index contributed by atoms with van der Waals surface area (Å²) >= 11 is 0. The van der Waals surface area contributed by atoms with Gasteiger partial charge in [-0.25, -0.2) is 0 Å². The highest BCUT2D eigenvalue weighted by Gasteiger charge is 2.16. The van der Waals surface area contributed by atoms with Crippen LogP contribution in [0.2, 0.25) is 0 Å². The molecule has 1 heterocycles. The summed E-state index contributed by atoms with van der Waals surface area (Å²) < 4.78 is 0. The second kappa shape index (κ2) is 8.28. The number of rotatable bonds is 5. The number of likely N-dealkylation sites (N-methyl/N-ethyl adjacent to an activating group) is 1. The van der Waals surface area contributed by atoms with Crippen LogP contribution in [0.25, 0.3) is 0 Å². The standard InChI is InChI=1S/C20H24N4O3/c1-15-3-6-17(13-19(15)24(26)27)20(25)21-18-7-4-16(5-8-18)14-23-11-9-22(2)10-12-23/h3-8,13H,9-12,14H2,1-2H3,(H,21,25). The largest absolute Gasteiger partial charge is 0.322 e. The first-order chi connectivity index (χ1) is 12.9. The van der Waals surface area contributed by atoms with Gasteiger partial charge < -0.3 is 10.2 Å². The number of benzene rings is 2. The van der Waals surface area contributed by atoms with E-state index in [1.54, 1.807) is 19.1 Å². The van der Waals surface area contributed by atoms with Gasteiger partial charge in [0, 0.05) is 55.6 Å². The molecule has 0 aliphatic carbocycles. The van der Waals surface area contributed by atoms with Gasteiger partial charge in [0.05, 0.1) is 4.92 Å². The maximum Gasteiger partial charge on any atom is 0.273 e. The first-order valence-electron chi connectivity index (χ1n) is 8.98. The third kappa shape index (κ3) is 4.90. The van der Waals surface area contributed by atoms with Crippen LogP contribution in [0.15, 0.2) is 42.5 Å². The summed E-state index contributed by atoms with van der Waals surface area (Å²) in [4.78, 5) is 27.7. The molecule has 0 saturated carbocycles. The number of hydrogen-bond acceptors (Lipinski definition) is 5. The van der Waals surface area contributed by atoms with E-state index in [1.807, 2.05) is 24.3 Å². The second-order valence-electron chi connectivity index (χ2n) is 6.99. The number of nitro benzene ring substituents is 1. The van der Waals surface area contributed by atoms with Crippen LogP contribution in [-0.2, 0) is 6.54 Å². The lowest BCUT2D eigenvalue weighted by molar-refractivity contribution is -0.385. The van der Waals surface area contributed by atoms with E-state index in [1.165, 1.54) is 11.6 Å². The molecule has 7 nitrogen and oxygen atoms in total. The number of piperazine rings is 1. The van der Waals surface area contributed by atoms with Crippen LogP contribution in [0.4, 0.5) is 11.4 Å². The highest BCUT2D eigenvalue weighted by Crippen LogP contribution is 2.20. The van der Waals surface area contributed by atoms with Crippen LogP contribution in [-0.4, -0.2) is 53.9 Å². The maximum absolute atomic E-state index is 12.4. The van der Waals surface area contributed by atoms with Crippen molar-refractivity contribution in [3.63, 3.8) is 0 Å². The average molecular weight is 368 g/mol. The average Bonchev–Trinajstić information content (AvgIpc) is 2.65. The number of nitrogens with zero attached hydrogens (tertiary/aromatic N) is 3. The Bertz CT molecular complexity index is 828. The van der Waals surface area contributed by atoms with E-state index in [9.17, 15) is 14.9 Å². The number of nitro groups is 1. The van der Waals surface area contributed by atoms with Gasteiger partial charge in [-0.1, -0.05) is 18.2 Å². The van der Waals surface area contributed by atoms with Crippen molar-refractivity contribution in [2.75, 3.05) is 38.5 Å². The minimum atomic E-state index is -0.473. The Morgan fingerprint density at radius 1 is 1.11 bits per heavy atom. The van der Waals surface area contributed by atoms with Crippen molar-refractivity contribution >= 4 is 17.3 Å². The van der Waals surface area contributed by atoms with E-state index in [0.717, 1.165) is 32.7 Å². The third-order valence-corrected chi connectivity index (χ3v) is 4.88. The minimum absolute atomic E-state index is 0.0508. The van der Waals surface area contributed by atoms with Gasteiger partial charge in [0.15, 0.2) is 0 Å². The highest BCUT2D eigenvalue weighted by atomic mass is 16.6. The fourth-order valence-corrected chi connectivity index (χ4v) is 3.11. The van der Waals surface area contributed by atoms with Crippen molar-refractivity contribution in [2.24, 2.45) is 0 Å². The van der Waals surface area contributed by atoms with Gasteiger partial charge in [-0.2, -0.15) is 0 Å². The molecular formula is C20H24N4O3. The summed E-state index contributed by atoms with van der Waals surface area (Å²) in [6.07, 6.45) is 0. The zero-order valence-corrected chi connectivity index (χ0v) is 15.6. The Morgan fingerprint density at radius 2 is 1.78 bits per heavy atom. The summed E-state index contributed by atoms with van der Waals surface area (Å²) in [5.41, 5.74) is 2.62. The molecule has 1 fully saturated rings. The number of amides is 1. The molecule has 7 heteroatoms. The predicted molar refractivity (Wildman–Crippen MR) is 105 cm³/mol. The summed E-state index contributed by atoms with van der Waals surface area (Å²) in [6, 6.07) is 12.2. The third-order valence-electron chi connectivity index (χ3n) is 4.88. The van der Waals surface area contributed by atoms with Crippen LogP contribution < -0.4 is 5.32 Å². The summed E-state index contributed by atoms with van der Waals surface area (Å²) in [5.74, 6) is -0.357. The van der Waals surface area contributed by atoms with Crippen molar-refractivity contribution in [1.82, 2.24) is 9.80 Å². The van der Waals surface area contributed by atoms with E-state index in [4.69, 9.17) is 0 Å². The van der Waals surface area contributed by atoms with E-state index in [2.05, 4.69) is 22.2 Å². The Hall–Kier alpha value is -2.77. The summed E-state index contributed by atoms with van der Waals surface area (Å²) in [5, 5.41) is 13.8. The molecular weight excluding hydrogens is 344 g/mol. The smallest absolute Gasteiger partial charge is 0.273 e.